The Morgan fingerprint density at radius 3 is 0.714 bits per heavy atom. The van der Waals surface area contributed by atoms with Gasteiger partial charge in [-0.15, -0.1) is 0 Å². The molecule has 70 heavy (non-hydrogen) atoms. The standard InChI is InChI=1S/C64H122O6/c1-4-7-10-13-16-19-22-24-26-28-30-31-32-33-35-36-38-40-42-45-48-51-54-57-63(66)69-60-61(59-68-62(65)56-53-50-47-44-21-18-15-12-9-6-3)70-64(67)58-55-52-49-46-43-41-39-37-34-29-27-25-23-20-17-14-11-8-5-2/h25,27,61H,4-24,26,28-60H2,1-3H3/b27-25-. The molecule has 0 amide bonds. The average Bonchev–Trinajstić information content (AvgIpc) is 3.36. The lowest BCUT2D eigenvalue weighted by atomic mass is 10.0. The summed E-state index contributed by atoms with van der Waals surface area (Å²) in [6.07, 6.45) is 69.4. The van der Waals surface area contributed by atoms with Gasteiger partial charge in [0.15, 0.2) is 6.10 Å². The van der Waals surface area contributed by atoms with Crippen LogP contribution in [0.25, 0.3) is 0 Å². The van der Waals surface area contributed by atoms with Gasteiger partial charge in [-0.1, -0.05) is 309 Å². The van der Waals surface area contributed by atoms with Crippen LogP contribution in [0, 0.1) is 0 Å². The maximum atomic E-state index is 12.9. The summed E-state index contributed by atoms with van der Waals surface area (Å²) in [5, 5.41) is 0. The Bertz CT molecular complexity index is 1090. The fourth-order valence-corrected chi connectivity index (χ4v) is 9.74. The van der Waals surface area contributed by atoms with Crippen molar-refractivity contribution in [1.29, 1.82) is 0 Å². The molecule has 0 heterocycles. The molecule has 0 aromatic heterocycles. The normalized spacial score (nSPS) is 12.0. The van der Waals surface area contributed by atoms with Crippen LogP contribution in [0.4, 0.5) is 0 Å². The largest absolute Gasteiger partial charge is 0.462 e. The molecule has 0 radical (unpaired) electrons. The Balaban J connectivity index is 4.18. The third-order valence-corrected chi connectivity index (χ3v) is 14.5. The molecule has 0 aliphatic carbocycles. The first-order chi connectivity index (χ1) is 34.5. The van der Waals surface area contributed by atoms with Gasteiger partial charge in [-0.2, -0.15) is 0 Å². The Hall–Kier alpha value is -1.85. The van der Waals surface area contributed by atoms with Crippen LogP contribution >= 0.6 is 0 Å². The predicted octanol–water partition coefficient (Wildman–Crippen LogP) is 21.3. The first-order valence-corrected chi connectivity index (χ1v) is 31.7. The van der Waals surface area contributed by atoms with E-state index in [1.807, 2.05) is 0 Å². The van der Waals surface area contributed by atoms with E-state index in [0.717, 1.165) is 57.8 Å². The Morgan fingerprint density at radius 1 is 0.271 bits per heavy atom. The number of hydrogen-bond acceptors (Lipinski definition) is 6. The summed E-state index contributed by atoms with van der Waals surface area (Å²) < 4.78 is 16.9. The molecule has 0 rings (SSSR count). The van der Waals surface area contributed by atoms with Crippen molar-refractivity contribution >= 4 is 17.9 Å². The third-order valence-electron chi connectivity index (χ3n) is 14.5. The number of rotatable bonds is 59. The number of esters is 3. The molecule has 0 fully saturated rings. The molecule has 0 aromatic rings. The molecule has 6 nitrogen and oxygen atoms in total. The van der Waals surface area contributed by atoms with E-state index in [2.05, 4.69) is 32.9 Å². The van der Waals surface area contributed by atoms with E-state index in [4.69, 9.17) is 14.2 Å². The molecule has 6 heteroatoms. The van der Waals surface area contributed by atoms with Crippen molar-refractivity contribution in [2.24, 2.45) is 0 Å². The minimum atomic E-state index is -0.765. The van der Waals surface area contributed by atoms with Crippen LogP contribution in [0.2, 0.25) is 0 Å². The van der Waals surface area contributed by atoms with Crippen molar-refractivity contribution in [1.82, 2.24) is 0 Å². The molecule has 0 bridgehead atoms. The minimum absolute atomic E-state index is 0.0645. The van der Waals surface area contributed by atoms with Crippen LogP contribution in [0.15, 0.2) is 12.2 Å². The molecule has 0 saturated carbocycles. The predicted molar refractivity (Wildman–Crippen MR) is 303 cm³/mol. The van der Waals surface area contributed by atoms with Gasteiger partial charge in [0.05, 0.1) is 0 Å². The van der Waals surface area contributed by atoms with Crippen molar-refractivity contribution in [3.63, 3.8) is 0 Å². The van der Waals surface area contributed by atoms with Gasteiger partial charge in [0, 0.05) is 19.3 Å². The fourth-order valence-electron chi connectivity index (χ4n) is 9.74. The number of allylic oxidation sites excluding steroid dienone is 2. The van der Waals surface area contributed by atoms with Crippen LogP contribution in [0.3, 0.4) is 0 Å². The summed E-state index contributed by atoms with van der Waals surface area (Å²) in [5.41, 5.74) is 0. The molecule has 414 valence electrons. The van der Waals surface area contributed by atoms with E-state index in [1.165, 1.54) is 263 Å². The Kier molecular flexibility index (Phi) is 58.1. The summed E-state index contributed by atoms with van der Waals surface area (Å²) in [4.78, 5) is 38.2. The van der Waals surface area contributed by atoms with E-state index >= 15 is 0 Å². The topological polar surface area (TPSA) is 78.9 Å². The quantitative estimate of drug-likeness (QED) is 0.0261. The lowest BCUT2D eigenvalue weighted by molar-refractivity contribution is -0.167. The number of hydrogen-bond donors (Lipinski definition) is 0. The maximum absolute atomic E-state index is 12.9. The Morgan fingerprint density at radius 2 is 0.471 bits per heavy atom. The molecule has 0 aromatic carbocycles. The highest BCUT2D eigenvalue weighted by atomic mass is 16.6. The first kappa shape index (κ1) is 68.2. The van der Waals surface area contributed by atoms with Crippen LogP contribution in [0.5, 0.6) is 0 Å². The second-order valence-corrected chi connectivity index (χ2v) is 21.7. The van der Waals surface area contributed by atoms with Crippen LogP contribution < -0.4 is 0 Å². The highest BCUT2D eigenvalue weighted by molar-refractivity contribution is 5.71. The summed E-state index contributed by atoms with van der Waals surface area (Å²) >= 11 is 0. The smallest absolute Gasteiger partial charge is 0.306 e. The zero-order valence-electron chi connectivity index (χ0n) is 47.6. The van der Waals surface area contributed by atoms with Crippen molar-refractivity contribution in [3.8, 4) is 0 Å². The number of carbonyl (C=O) groups excluding carboxylic acids is 3. The number of ether oxygens (including phenoxy) is 3. The van der Waals surface area contributed by atoms with Gasteiger partial charge in [0.2, 0.25) is 0 Å². The molecule has 0 aliphatic rings. The summed E-state index contributed by atoms with van der Waals surface area (Å²) in [6, 6.07) is 0. The van der Waals surface area contributed by atoms with E-state index in [1.54, 1.807) is 0 Å². The SMILES string of the molecule is CCCCCCCC/C=C\CCCCCCCCCCCC(=O)OC(COC(=O)CCCCCCCCCCCC)COC(=O)CCCCCCCCCCCCCCCCCCCCCCCCC. The Labute approximate surface area is 437 Å². The van der Waals surface area contributed by atoms with Gasteiger partial charge < -0.3 is 14.2 Å². The molecular formula is C64H122O6. The van der Waals surface area contributed by atoms with Gasteiger partial charge in [-0.3, -0.25) is 14.4 Å². The van der Waals surface area contributed by atoms with Gasteiger partial charge in [-0.05, 0) is 44.9 Å². The molecule has 0 aliphatic heterocycles. The number of carbonyl (C=O) groups is 3. The van der Waals surface area contributed by atoms with Gasteiger partial charge in [-0.25, -0.2) is 0 Å². The van der Waals surface area contributed by atoms with Crippen LogP contribution in [-0.4, -0.2) is 37.2 Å². The maximum Gasteiger partial charge on any atom is 0.306 e. The summed E-state index contributed by atoms with van der Waals surface area (Å²) in [7, 11) is 0. The third kappa shape index (κ3) is 57.1. The van der Waals surface area contributed by atoms with E-state index in [9.17, 15) is 14.4 Å². The molecule has 0 saturated heterocycles. The van der Waals surface area contributed by atoms with Crippen molar-refractivity contribution < 1.29 is 28.6 Å². The summed E-state index contributed by atoms with van der Waals surface area (Å²) in [6.45, 7) is 6.69. The molecule has 0 N–H and O–H groups in total. The summed E-state index contributed by atoms with van der Waals surface area (Å²) in [5.74, 6) is -0.841. The molecule has 1 atom stereocenters. The highest BCUT2D eigenvalue weighted by Crippen LogP contribution is 2.18. The van der Waals surface area contributed by atoms with Crippen molar-refractivity contribution in [2.75, 3.05) is 13.2 Å². The highest BCUT2D eigenvalue weighted by Gasteiger charge is 2.19. The second-order valence-electron chi connectivity index (χ2n) is 21.7. The molecule has 1 unspecified atom stereocenters. The molecule has 0 spiro atoms. The van der Waals surface area contributed by atoms with E-state index in [-0.39, 0.29) is 31.1 Å². The second kappa shape index (κ2) is 59.7. The van der Waals surface area contributed by atoms with Crippen LogP contribution in [0.1, 0.15) is 361 Å². The molecular weight excluding hydrogens is 865 g/mol. The fraction of sp³-hybridized carbons (Fsp3) is 0.922. The average molecular weight is 988 g/mol. The van der Waals surface area contributed by atoms with Crippen molar-refractivity contribution in [3.05, 3.63) is 12.2 Å². The monoisotopic (exact) mass is 987 g/mol. The lowest BCUT2D eigenvalue weighted by Crippen LogP contribution is -2.30. The van der Waals surface area contributed by atoms with Crippen LogP contribution in [-0.2, 0) is 28.6 Å². The zero-order chi connectivity index (χ0) is 50.7. The van der Waals surface area contributed by atoms with Gasteiger partial charge >= 0.3 is 17.9 Å². The van der Waals surface area contributed by atoms with Crippen molar-refractivity contribution in [2.45, 2.75) is 367 Å². The van der Waals surface area contributed by atoms with E-state index < -0.39 is 6.10 Å². The lowest BCUT2D eigenvalue weighted by Gasteiger charge is -2.18. The first-order valence-electron chi connectivity index (χ1n) is 31.7. The number of unbranched alkanes of at least 4 members (excludes halogenated alkanes) is 46. The van der Waals surface area contributed by atoms with E-state index in [0.29, 0.717) is 19.3 Å². The van der Waals surface area contributed by atoms with Gasteiger partial charge in [0.1, 0.15) is 13.2 Å². The zero-order valence-corrected chi connectivity index (χ0v) is 47.6. The van der Waals surface area contributed by atoms with Gasteiger partial charge in [0.25, 0.3) is 0 Å². The minimum Gasteiger partial charge on any atom is -0.462 e.